The number of hydrogen-bond donors (Lipinski definition) is 6. The molecule has 0 aromatic heterocycles. The lowest BCUT2D eigenvalue weighted by Gasteiger charge is -2.28. The molecule has 21 heavy (non-hydrogen) atoms. The first-order chi connectivity index (χ1) is 9.77. The average Bonchev–Trinajstić information content (AvgIpc) is 2.47. The monoisotopic (exact) mass is 340 g/mol. The van der Waals surface area contributed by atoms with E-state index in [0.717, 1.165) is 0 Å². The molecule has 5 atom stereocenters. The van der Waals surface area contributed by atoms with Crippen LogP contribution in [-0.2, 0) is 6.42 Å². The maximum absolute atomic E-state index is 9.86. The molecule has 8 heteroatoms. The van der Waals surface area contributed by atoms with Crippen LogP contribution in [0.5, 0.6) is 0 Å². The summed E-state index contributed by atoms with van der Waals surface area (Å²) in [7, 11) is 0. The summed E-state index contributed by atoms with van der Waals surface area (Å²) >= 11 is 11.6. The van der Waals surface area contributed by atoms with Gasteiger partial charge in [-0.3, -0.25) is 0 Å². The second-order valence-corrected chi connectivity index (χ2v) is 5.56. The van der Waals surface area contributed by atoms with Crippen LogP contribution in [0.3, 0.4) is 0 Å². The lowest BCUT2D eigenvalue weighted by atomic mass is 9.95. The fraction of sp³-hybridized carbons (Fsp3) is 0.538. The minimum Gasteiger partial charge on any atom is -0.394 e. The predicted molar refractivity (Wildman–Crippen MR) is 77.3 cm³/mol. The third-order valence-electron chi connectivity index (χ3n) is 3.10. The standard InChI is InChI=1S/C13H18Cl2O6/c14-7-2-1-6(3-8(7)15)4-9(17)11(19)13(21)12(20)10(18)5-16/h1-3,9-13,16-21H,4-5H2/t9?,10-,11+,12-,13-/m1/s1. The summed E-state index contributed by atoms with van der Waals surface area (Å²) in [6.45, 7) is -0.784. The zero-order chi connectivity index (χ0) is 16.2. The number of aliphatic hydroxyl groups excluding tert-OH is 6. The second kappa shape index (κ2) is 8.26. The average molecular weight is 341 g/mol. The molecule has 0 fully saturated rings. The van der Waals surface area contributed by atoms with Gasteiger partial charge in [0.25, 0.3) is 0 Å². The first-order valence-corrected chi connectivity index (χ1v) is 6.98. The SMILES string of the molecule is OC[C@@H](O)[C@@H](O)[C@H](O)[C@@H](O)C(O)Cc1ccc(Cl)c(Cl)c1. The van der Waals surface area contributed by atoms with Crippen LogP contribution in [0.2, 0.25) is 10.0 Å². The molecule has 1 rings (SSSR count). The lowest BCUT2D eigenvalue weighted by Crippen LogP contribution is -2.50. The quantitative estimate of drug-likeness (QED) is 0.391. The van der Waals surface area contributed by atoms with Crippen LogP contribution in [0.4, 0.5) is 0 Å². The molecule has 0 aliphatic carbocycles. The summed E-state index contributed by atoms with van der Waals surface area (Å²) in [6, 6.07) is 4.62. The number of aliphatic hydroxyl groups is 6. The fourth-order valence-electron chi connectivity index (χ4n) is 1.79. The molecule has 6 N–H and O–H groups in total. The third-order valence-corrected chi connectivity index (χ3v) is 3.84. The highest BCUT2D eigenvalue weighted by molar-refractivity contribution is 6.42. The number of hydrogen-bond acceptors (Lipinski definition) is 6. The zero-order valence-corrected chi connectivity index (χ0v) is 12.5. The summed E-state index contributed by atoms with van der Waals surface area (Å²) in [5.41, 5.74) is 0.570. The Morgan fingerprint density at radius 1 is 0.810 bits per heavy atom. The minimum absolute atomic E-state index is 0.0446. The molecule has 0 aliphatic rings. The van der Waals surface area contributed by atoms with Gasteiger partial charge in [0.1, 0.15) is 24.4 Å². The van der Waals surface area contributed by atoms with Crippen LogP contribution in [0.1, 0.15) is 5.56 Å². The van der Waals surface area contributed by atoms with Gasteiger partial charge in [-0.05, 0) is 17.7 Å². The molecule has 120 valence electrons. The van der Waals surface area contributed by atoms with Gasteiger partial charge >= 0.3 is 0 Å². The van der Waals surface area contributed by atoms with E-state index in [0.29, 0.717) is 10.6 Å². The fourth-order valence-corrected chi connectivity index (χ4v) is 2.11. The molecule has 0 spiro atoms. The molecule has 0 radical (unpaired) electrons. The molecule has 0 aliphatic heterocycles. The van der Waals surface area contributed by atoms with E-state index in [9.17, 15) is 25.5 Å². The Morgan fingerprint density at radius 2 is 1.38 bits per heavy atom. The smallest absolute Gasteiger partial charge is 0.111 e. The van der Waals surface area contributed by atoms with Gasteiger partial charge in [-0.2, -0.15) is 0 Å². The van der Waals surface area contributed by atoms with Crippen molar-refractivity contribution in [1.82, 2.24) is 0 Å². The van der Waals surface area contributed by atoms with Crippen LogP contribution in [0, 0.1) is 0 Å². The van der Waals surface area contributed by atoms with Gasteiger partial charge in [0.05, 0.1) is 22.8 Å². The largest absolute Gasteiger partial charge is 0.394 e. The van der Waals surface area contributed by atoms with Crippen molar-refractivity contribution >= 4 is 23.2 Å². The molecular formula is C13H18Cl2O6. The van der Waals surface area contributed by atoms with Gasteiger partial charge in [0.15, 0.2) is 0 Å². The Bertz CT molecular complexity index is 458. The summed E-state index contributed by atoms with van der Waals surface area (Å²) < 4.78 is 0. The zero-order valence-electron chi connectivity index (χ0n) is 11.0. The van der Waals surface area contributed by atoms with Crippen molar-refractivity contribution in [2.75, 3.05) is 6.61 Å². The molecule has 0 bridgehead atoms. The molecule has 0 saturated heterocycles. The number of benzene rings is 1. The normalized spacial score (nSPS) is 18.9. The van der Waals surface area contributed by atoms with Crippen LogP contribution >= 0.6 is 23.2 Å². The summed E-state index contributed by atoms with van der Waals surface area (Å²) in [5.74, 6) is 0. The Labute approximate surface area is 131 Å². The summed E-state index contributed by atoms with van der Waals surface area (Å²) in [6.07, 6.45) is -8.38. The van der Waals surface area contributed by atoms with E-state index in [4.69, 9.17) is 28.3 Å². The molecule has 0 saturated carbocycles. The Hall–Kier alpha value is -0.440. The van der Waals surface area contributed by atoms with E-state index in [1.807, 2.05) is 0 Å². The minimum atomic E-state index is -1.81. The van der Waals surface area contributed by atoms with Crippen LogP contribution in [0.15, 0.2) is 18.2 Å². The molecule has 6 nitrogen and oxygen atoms in total. The van der Waals surface area contributed by atoms with Gasteiger partial charge in [-0.25, -0.2) is 0 Å². The van der Waals surface area contributed by atoms with Gasteiger partial charge in [-0.1, -0.05) is 29.3 Å². The highest BCUT2D eigenvalue weighted by Crippen LogP contribution is 2.23. The van der Waals surface area contributed by atoms with Crippen molar-refractivity contribution in [1.29, 1.82) is 0 Å². The van der Waals surface area contributed by atoms with Crippen LogP contribution in [0.25, 0.3) is 0 Å². The Morgan fingerprint density at radius 3 is 1.90 bits per heavy atom. The Balaban J connectivity index is 2.69. The molecule has 0 heterocycles. The Kier molecular flexibility index (Phi) is 7.32. The maximum atomic E-state index is 9.86. The third kappa shape index (κ3) is 5.05. The van der Waals surface area contributed by atoms with Gasteiger partial charge in [0.2, 0.25) is 0 Å². The van der Waals surface area contributed by atoms with E-state index in [1.54, 1.807) is 6.07 Å². The van der Waals surface area contributed by atoms with Gasteiger partial charge in [-0.15, -0.1) is 0 Å². The van der Waals surface area contributed by atoms with Crippen LogP contribution < -0.4 is 0 Å². The van der Waals surface area contributed by atoms with E-state index >= 15 is 0 Å². The van der Waals surface area contributed by atoms with E-state index < -0.39 is 37.1 Å². The predicted octanol–water partition coefficient (Wildman–Crippen LogP) is -0.667. The first kappa shape index (κ1) is 18.6. The lowest BCUT2D eigenvalue weighted by molar-refractivity contribution is -0.139. The highest BCUT2D eigenvalue weighted by Gasteiger charge is 2.34. The van der Waals surface area contributed by atoms with Crippen molar-refractivity contribution in [2.24, 2.45) is 0 Å². The second-order valence-electron chi connectivity index (χ2n) is 4.74. The number of halogens is 2. The molecule has 1 aromatic rings. The molecule has 1 unspecified atom stereocenters. The maximum Gasteiger partial charge on any atom is 0.111 e. The van der Waals surface area contributed by atoms with Gasteiger partial charge in [0, 0.05) is 6.42 Å². The number of rotatable bonds is 7. The molecular weight excluding hydrogens is 323 g/mol. The topological polar surface area (TPSA) is 121 Å². The van der Waals surface area contributed by atoms with Crippen molar-refractivity contribution in [3.8, 4) is 0 Å². The molecule has 1 aromatic carbocycles. The van der Waals surface area contributed by atoms with Crippen molar-refractivity contribution in [3.63, 3.8) is 0 Å². The van der Waals surface area contributed by atoms with Crippen molar-refractivity contribution in [3.05, 3.63) is 33.8 Å². The summed E-state index contributed by atoms with van der Waals surface area (Å²) in [5, 5.41) is 57.3. The first-order valence-electron chi connectivity index (χ1n) is 6.23. The van der Waals surface area contributed by atoms with Crippen molar-refractivity contribution < 1.29 is 30.6 Å². The molecule has 0 amide bonds. The summed E-state index contributed by atoms with van der Waals surface area (Å²) in [4.78, 5) is 0. The highest BCUT2D eigenvalue weighted by atomic mass is 35.5. The van der Waals surface area contributed by atoms with Gasteiger partial charge < -0.3 is 30.6 Å². The van der Waals surface area contributed by atoms with E-state index in [2.05, 4.69) is 0 Å². The van der Waals surface area contributed by atoms with E-state index in [1.165, 1.54) is 12.1 Å². The van der Waals surface area contributed by atoms with Crippen LogP contribution in [-0.4, -0.2) is 67.8 Å². The van der Waals surface area contributed by atoms with Crippen molar-refractivity contribution in [2.45, 2.75) is 36.9 Å². The van der Waals surface area contributed by atoms with E-state index in [-0.39, 0.29) is 11.4 Å².